The standard InChI is InChI=1S/C14H22BrFN2/c1-2-3-4-5-6-10-13(18-17)11-8-7-9-12(16)14(11)15/h7-9,13,18H,2-6,10,17H2,1H3. The average Bonchev–Trinajstić information content (AvgIpc) is 2.38. The predicted octanol–water partition coefficient (Wildman–Crippen LogP) is 4.45. The molecule has 1 rings (SSSR count). The lowest BCUT2D eigenvalue weighted by atomic mass is 10.0. The number of unbranched alkanes of at least 4 members (excludes halogenated alkanes) is 4. The summed E-state index contributed by atoms with van der Waals surface area (Å²) in [5.74, 6) is 5.33. The first kappa shape index (κ1) is 15.6. The third kappa shape index (κ3) is 4.67. The van der Waals surface area contributed by atoms with Crippen molar-refractivity contribution in [3.05, 3.63) is 34.1 Å². The third-order valence-electron chi connectivity index (χ3n) is 3.15. The Morgan fingerprint density at radius 3 is 2.67 bits per heavy atom. The van der Waals surface area contributed by atoms with E-state index in [1.807, 2.05) is 6.07 Å². The summed E-state index contributed by atoms with van der Waals surface area (Å²) >= 11 is 3.28. The van der Waals surface area contributed by atoms with Gasteiger partial charge in [0.15, 0.2) is 0 Å². The van der Waals surface area contributed by atoms with Crippen molar-refractivity contribution in [2.24, 2.45) is 5.84 Å². The molecule has 4 heteroatoms. The molecule has 1 atom stereocenters. The molecule has 0 radical (unpaired) electrons. The second kappa shape index (κ2) is 8.62. The lowest BCUT2D eigenvalue weighted by molar-refractivity contribution is 0.474. The fourth-order valence-corrected chi connectivity index (χ4v) is 2.61. The fraction of sp³-hybridized carbons (Fsp3) is 0.571. The maximum atomic E-state index is 13.4. The van der Waals surface area contributed by atoms with E-state index in [1.165, 1.54) is 31.7 Å². The molecule has 0 aliphatic carbocycles. The molecule has 0 aliphatic rings. The Balaban J connectivity index is 2.52. The molecule has 18 heavy (non-hydrogen) atoms. The smallest absolute Gasteiger partial charge is 0.137 e. The van der Waals surface area contributed by atoms with Crippen molar-refractivity contribution in [2.45, 2.75) is 51.5 Å². The van der Waals surface area contributed by atoms with Gasteiger partial charge in [0.2, 0.25) is 0 Å². The van der Waals surface area contributed by atoms with Gasteiger partial charge in [-0.15, -0.1) is 0 Å². The van der Waals surface area contributed by atoms with Gasteiger partial charge in [0, 0.05) is 6.04 Å². The highest BCUT2D eigenvalue weighted by molar-refractivity contribution is 9.10. The minimum atomic E-state index is -0.237. The number of hydrazine groups is 1. The maximum absolute atomic E-state index is 13.4. The fourth-order valence-electron chi connectivity index (χ4n) is 2.07. The van der Waals surface area contributed by atoms with Crippen LogP contribution in [0.15, 0.2) is 22.7 Å². The lowest BCUT2D eigenvalue weighted by Crippen LogP contribution is -2.28. The molecule has 0 heterocycles. The molecule has 3 N–H and O–H groups in total. The van der Waals surface area contributed by atoms with Crippen molar-refractivity contribution in [3.63, 3.8) is 0 Å². The number of halogens is 2. The third-order valence-corrected chi connectivity index (χ3v) is 3.99. The zero-order valence-electron chi connectivity index (χ0n) is 10.9. The van der Waals surface area contributed by atoms with Crippen molar-refractivity contribution in [1.82, 2.24) is 5.43 Å². The van der Waals surface area contributed by atoms with Gasteiger partial charge in [0.05, 0.1) is 4.47 Å². The second-order valence-corrected chi connectivity index (χ2v) is 5.36. The Labute approximate surface area is 117 Å². The molecular weight excluding hydrogens is 295 g/mol. The summed E-state index contributed by atoms with van der Waals surface area (Å²) in [7, 11) is 0. The highest BCUT2D eigenvalue weighted by Gasteiger charge is 2.14. The van der Waals surface area contributed by atoms with Gasteiger partial charge in [-0.05, 0) is 34.0 Å². The Kier molecular flexibility index (Phi) is 7.47. The Bertz CT molecular complexity index is 358. The molecule has 1 unspecified atom stereocenters. The summed E-state index contributed by atoms with van der Waals surface area (Å²) < 4.78 is 14.0. The highest BCUT2D eigenvalue weighted by atomic mass is 79.9. The molecule has 2 nitrogen and oxygen atoms in total. The summed E-state index contributed by atoms with van der Waals surface area (Å²) in [6, 6.07) is 5.08. The van der Waals surface area contributed by atoms with Gasteiger partial charge >= 0.3 is 0 Å². The van der Waals surface area contributed by atoms with E-state index in [2.05, 4.69) is 28.3 Å². The van der Waals surface area contributed by atoms with Crippen molar-refractivity contribution >= 4 is 15.9 Å². The Morgan fingerprint density at radius 1 is 1.28 bits per heavy atom. The van der Waals surface area contributed by atoms with Crippen LogP contribution in [0.25, 0.3) is 0 Å². The van der Waals surface area contributed by atoms with Gasteiger partial charge in [0.1, 0.15) is 5.82 Å². The van der Waals surface area contributed by atoms with E-state index in [4.69, 9.17) is 5.84 Å². The monoisotopic (exact) mass is 316 g/mol. The van der Waals surface area contributed by atoms with Gasteiger partial charge in [0.25, 0.3) is 0 Å². The zero-order valence-corrected chi connectivity index (χ0v) is 12.5. The quantitative estimate of drug-likeness (QED) is 0.422. The first-order valence-electron chi connectivity index (χ1n) is 6.60. The minimum Gasteiger partial charge on any atom is -0.271 e. The van der Waals surface area contributed by atoms with Crippen molar-refractivity contribution in [1.29, 1.82) is 0 Å². The summed E-state index contributed by atoms with van der Waals surface area (Å²) in [5, 5.41) is 0. The molecule has 1 aromatic rings. The van der Waals surface area contributed by atoms with Gasteiger partial charge in [-0.2, -0.15) is 0 Å². The maximum Gasteiger partial charge on any atom is 0.137 e. The predicted molar refractivity (Wildman–Crippen MR) is 77.5 cm³/mol. The first-order valence-corrected chi connectivity index (χ1v) is 7.40. The minimum absolute atomic E-state index is 0.0108. The molecular formula is C14H22BrFN2. The number of nitrogens with one attached hydrogen (secondary N) is 1. The molecule has 0 spiro atoms. The van der Waals surface area contributed by atoms with Crippen molar-refractivity contribution < 1.29 is 4.39 Å². The van der Waals surface area contributed by atoms with Gasteiger partial charge in [-0.25, -0.2) is 4.39 Å². The molecule has 0 amide bonds. The molecule has 102 valence electrons. The number of hydrogen-bond donors (Lipinski definition) is 2. The highest BCUT2D eigenvalue weighted by Crippen LogP contribution is 2.28. The van der Waals surface area contributed by atoms with E-state index in [0.29, 0.717) is 4.47 Å². The molecule has 0 fully saturated rings. The van der Waals surface area contributed by atoms with E-state index in [9.17, 15) is 4.39 Å². The average molecular weight is 317 g/mol. The van der Waals surface area contributed by atoms with Crippen LogP contribution in [0.3, 0.4) is 0 Å². The number of benzene rings is 1. The van der Waals surface area contributed by atoms with Crippen LogP contribution in [-0.4, -0.2) is 0 Å². The Morgan fingerprint density at radius 2 is 2.00 bits per heavy atom. The molecule has 0 aliphatic heterocycles. The largest absolute Gasteiger partial charge is 0.271 e. The van der Waals surface area contributed by atoms with Crippen LogP contribution >= 0.6 is 15.9 Å². The van der Waals surface area contributed by atoms with E-state index >= 15 is 0 Å². The summed E-state index contributed by atoms with van der Waals surface area (Å²) in [6.07, 6.45) is 7.04. The molecule has 0 aromatic heterocycles. The SMILES string of the molecule is CCCCCCCC(NN)c1cccc(F)c1Br. The van der Waals surface area contributed by atoms with Crippen LogP contribution in [0.5, 0.6) is 0 Å². The van der Waals surface area contributed by atoms with Crippen LogP contribution < -0.4 is 11.3 Å². The van der Waals surface area contributed by atoms with Crippen LogP contribution in [0.2, 0.25) is 0 Å². The topological polar surface area (TPSA) is 38.0 Å². The number of nitrogens with two attached hydrogens (primary N) is 1. The zero-order chi connectivity index (χ0) is 13.4. The van der Waals surface area contributed by atoms with E-state index in [0.717, 1.165) is 18.4 Å². The molecule has 1 aromatic carbocycles. The van der Waals surface area contributed by atoms with E-state index in [1.54, 1.807) is 6.07 Å². The van der Waals surface area contributed by atoms with E-state index in [-0.39, 0.29) is 11.9 Å². The normalized spacial score (nSPS) is 12.7. The van der Waals surface area contributed by atoms with Crippen molar-refractivity contribution in [3.8, 4) is 0 Å². The van der Waals surface area contributed by atoms with Gasteiger partial charge in [-0.1, -0.05) is 51.2 Å². The first-order chi connectivity index (χ1) is 8.70. The lowest BCUT2D eigenvalue weighted by Gasteiger charge is -2.18. The van der Waals surface area contributed by atoms with E-state index < -0.39 is 0 Å². The summed E-state index contributed by atoms with van der Waals surface area (Å²) in [4.78, 5) is 0. The summed E-state index contributed by atoms with van der Waals surface area (Å²) in [6.45, 7) is 2.20. The van der Waals surface area contributed by atoms with Crippen LogP contribution in [0.1, 0.15) is 57.1 Å². The number of hydrogen-bond acceptors (Lipinski definition) is 2. The second-order valence-electron chi connectivity index (χ2n) is 4.57. The number of rotatable bonds is 8. The van der Waals surface area contributed by atoms with Crippen LogP contribution in [0, 0.1) is 5.82 Å². The summed E-state index contributed by atoms with van der Waals surface area (Å²) in [5.41, 5.74) is 3.68. The van der Waals surface area contributed by atoms with Gasteiger partial charge in [-0.3, -0.25) is 11.3 Å². The van der Waals surface area contributed by atoms with Gasteiger partial charge < -0.3 is 0 Å². The molecule has 0 saturated heterocycles. The molecule has 0 bridgehead atoms. The van der Waals surface area contributed by atoms with Crippen LogP contribution in [-0.2, 0) is 0 Å². The Hall–Kier alpha value is -0.450. The van der Waals surface area contributed by atoms with Crippen LogP contribution in [0.4, 0.5) is 4.39 Å². The molecule has 0 saturated carbocycles. The van der Waals surface area contributed by atoms with Crippen molar-refractivity contribution in [2.75, 3.05) is 0 Å².